The van der Waals surface area contributed by atoms with E-state index in [2.05, 4.69) is 94.2 Å². The number of anilines is 1. The van der Waals surface area contributed by atoms with Gasteiger partial charge >= 0.3 is 0 Å². The van der Waals surface area contributed by atoms with Crippen molar-refractivity contribution in [3.8, 4) is 0 Å². The lowest BCUT2D eigenvalue weighted by Gasteiger charge is -2.06. The molecule has 6 heteroatoms. The van der Waals surface area contributed by atoms with Crippen LogP contribution in [0, 0.1) is 0 Å². The number of pyridine rings is 1. The van der Waals surface area contributed by atoms with Gasteiger partial charge in [0, 0.05) is 43.0 Å². The maximum atomic E-state index is 11.9. The molecule has 1 aromatic heterocycles. The molecular weight excluding hydrogens is 454 g/mol. The highest BCUT2D eigenvalue weighted by Gasteiger charge is 2.14. The number of hydrogen-bond donors (Lipinski definition) is 2. The molecule has 2 N–H and O–H groups in total. The number of carbonyl (C=O) groups is 1. The van der Waals surface area contributed by atoms with Gasteiger partial charge < -0.3 is 15.4 Å². The van der Waals surface area contributed by atoms with Crippen LogP contribution in [0.25, 0.3) is 17.0 Å². The van der Waals surface area contributed by atoms with E-state index in [0.717, 1.165) is 30.8 Å². The second-order valence-electron chi connectivity index (χ2n) is 8.45. The summed E-state index contributed by atoms with van der Waals surface area (Å²) in [6.45, 7) is 4.76. The van der Waals surface area contributed by atoms with Crippen LogP contribution < -0.4 is 15.2 Å². The summed E-state index contributed by atoms with van der Waals surface area (Å²) in [5.41, 5.74) is 3.61. The second-order valence-corrected chi connectivity index (χ2v) is 9.54. The molecular formula is C29H34N3O2S+. The number of benzene rings is 2. The van der Waals surface area contributed by atoms with E-state index in [-0.39, 0.29) is 5.91 Å². The summed E-state index contributed by atoms with van der Waals surface area (Å²) < 4.78 is 7.57. The number of thioether (sulfide) groups is 1. The summed E-state index contributed by atoms with van der Waals surface area (Å²) in [7, 11) is 0. The first-order valence-corrected chi connectivity index (χ1v) is 13.2. The molecule has 0 fully saturated rings. The summed E-state index contributed by atoms with van der Waals surface area (Å²) in [4.78, 5) is 13.2. The number of nitrogens with zero attached hydrogens (tertiary/aromatic N) is 1. The molecule has 1 amide bonds. The van der Waals surface area contributed by atoms with Crippen molar-refractivity contribution in [2.45, 2.75) is 44.0 Å². The summed E-state index contributed by atoms with van der Waals surface area (Å²) in [6, 6.07) is 19.1. The average Bonchev–Trinajstić information content (AvgIpc) is 3.30. The molecule has 1 aliphatic rings. The summed E-state index contributed by atoms with van der Waals surface area (Å²) in [5.74, 6) is 0.115. The monoisotopic (exact) mass is 488 g/mol. The zero-order chi connectivity index (χ0) is 24.3. The summed E-state index contributed by atoms with van der Waals surface area (Å²) in [6.07, 6.45) is 12.2. The molecule has 4 rings (SSSR count). The van der Waals surface area contributed by atoms with Crippen molar-refractivity contribution in [1.82, 2.24) is 5.32 Å². The van der Waals surface area contributed by atoms with E-state index in [4.69, 9.17) is 4.74 Å². The van der Waals surface area contributed by atoms with Crippen LogP contribution in [0.15, 0.2) is 82.9 Å². The molecule has 0 atom stereocenters. The third kappa shape index (κ3) is 7.20. The third-order valence-corrected chi connectivity index (χ3v) is 6.96. The SMILES string of the molecule is CCOCCNC(=O)CCCCC[n+]1ccc(C=CC=C2Nc3ccccc3S2)c2ccccc21. The zero-order valence-corrected chi connectivity index (χ0v) is 21.2. The number of aromatic nitrogens is 1. The molecule has 1 aliphatic heterocycles. The van der Waals surface area contributed by atoms with Crippen LogP contribution in [0.1, 0.15) is 38.2 Å². The van der Waals surface area contributed by atoms with Gasteiger partial charge in [-0.1, -0.05) is 48.2 Å². The fourth-order valence-electron chi connectivity index (χ4n) is 4.14. The minimum absolute atomic E-state index is 0.115. The number of amides is 1. The first-order chi connectivity index (χ1) is 17.2. The Hall–Kier alpha value is -3.09. The van der Waals surface area contributed by atoms with E-state index >= 15 is 0 Å². The number of nitrogens with one attached hydrogen (secondary N) is 2. The van der Waals surface area contributed by atoms with Crippen molar-refractivity contribution in [2.75, 3.05) is 25.1 Å². The molecule has 3 aromatic rings. The Morgan fingerprint density at radius 2 is 1.94 bits per heavy atom. The highest BCUT2D eigenvalue weighted by molar-refractivity contribution is 8.03. The van der Waals surface area contributed by atoms with E-state index in [1.165, 1.54) is 27.0 Å². The van der Waals surface area contributed by atoms with Gasteiger partial charge in [-0.3, -0.25) is 4.79 Å². The van der Waals surface area contributed by atoms with Crippen LogP contribution >= 0.6 is 11.8 Å². The standard InChI is InChI=1S/C29H33N3O2S/c1-2-34-22-19-30-28(33)16-4-3-9-20-32-21-18-23(24-12-5-7-14-26(24)32)11-10-17-29-31-25-13-6-8-15-27(25)35-29/h5-8,10-15,17-18,21H,2-4,9,16,19-20,22H2,1H3,(H,30,33)/p+1. The Morgan fingerprint density at radius 1 is 1.09 bits per heavy atom. The fourth-order valence-corrected chi connectivity index (χ4v) is 5.06. The first kappa shape index (κ1) is 25.0. The van der Waals surface area contributed by atoms with Crippen molar-refractivity contribution >= 4 is 40.3 Å². The molecule has 5 nitrogen and oxygen atoms in total. The Morgan fingerprint density at radius 3 is 2.83 bits per heavy atom. The Balaban J connectivity index is 1.30. The second kappa shape index (κ2) is 13.1. The van der Waals surface area contributed by atoms with Crippen molar-refractivity contribution in [1.29, 1.82) is 0 Å². The van der Waals surface area contributed by atoms with Crippen molar-refractivity contribution in [3.63, 3.8) is 0 Å². The number of allylic oxidation sites excluding steroid dienone is 2. The summed E-state index contributed by atoms with van der Waals surface area (Å²) >= 11 is 1.76. The Labute approximate surface area is 212 Å². The number of carbonyl (C=O) groups excluding carboxylic acids is 1. The van der Waals surface area contributed by atoms with E-state index in [9.17, 15) is 4.79 Å². The van der Waals surface area contributed by atoms with Crippen LogP contribution in [0.3, 0.4) is 0 Å². The van der Waals surface area contributed by atoms with Gasteiger partial charge in [0.1, 0.15) is 6.54 Å². The van der Waals surface area contributed by atoms with Gasteiger partial charge in [-0.2, -0.15) is 4.57 Å². The lowest BCUT2D eigenvalue weighted by molar-refractivity contribution is -0.671. The average molecular weight is 489 g/mol. The van der Waals surface area contributed by atoms with Crippen molar-refractivity contribution in [2.24, 2.45) is 0 Å². The van der Waals surface area contributed by atoms with Crippen LogP contribution in [0.2, 0.25) is 0 Å². The molecule has 0 bridgehead atoms. The maximum Gasteiger partial charge on any atom is 0.220 e. The smallest absolute Gasteiger partial charge is 0.220 e. The number of hydrogen-bond acceptors (Lipinski definition) is 4. The largest absolute Gasteiger partial charge is 0.380 e. The van der Waals surface area contributed by atoms with Crippen molar-refractivity contribution < 1.29 is 14.1 Å². The molecule has 0 spiro atoms. The van der Waals surface area contributed by atoms with E-state index in [1.54, 1.807) is 11.8 Å². The molecule has 0 aliphatic carbocycles. The predicted molar refractivity (Wildman–Crippen MR) is 145 cm³/mol. The Kier molecular flexibility index (Phi) is 9.38. The predicted octanol–water partition coefficient (Wildman–Crippen LogP) is 5.91. The third-order valence-electron chi connectivity index (χ3n) is 5.92. The number of aryl methyl sites for hydroxylation is 1. The van der Waals surface area contributed by atoms with Crippen LogP contribution in [-0.2, 0) is 16.1 Å². The molecule has 35 heavy (non-hydrogen) atoms. The molecule has 2 heterocycles. The number of para-hydroxylation sites is 2. The molecule has 0 saturated carbocycles. The number of ether oxygens (including phenoxy) is 1. The van der Waals surface area contributed by atoms with Gasteiger partial charge in [-0.25, -0.2) is 0 Å². The molecule has 0 radical (unpaired) electrons. The highest BCUT2D eigenvalue weighted by atomic mass is 32.2. The number of rotatable bonds is 12. The van der Waals surface area contributed by atoms with Crippen LogP contribution in [-0.4, -0.2) is 25.7 Å². The molecule has 182 valence electrons. The minimum atomic E-state index is 0.115. The normalized spacial score (nSPS) is 13.9. The number of unbranched alkanes of at least 4 members (excludes halogenated alkanes) is 2. The zero-order valence-electron chi connectivity index (χ0n) is 20.3. The van der Waals surface area contributed by atoms with E-state index in [1.807, 2.05) is 6.92 Å². The van der Waals surface area contributed by atoms with Gasteiger partial charge in [0.05, 0.1) is 22.7 Å². The summed E-state index contributed by atoms with van der Waals surface area (Å²) in [5, 5.41) is 8.75. The quantitative estimate of drug-likeness (QED) is 0.246. The Bertz CT molecular complexity index is 1180. The molecule has 2 aromatic carbocycles. The van der Waals surface area contributed by atoms with Crippen LogP contribution in [0.5, 0.6) is 0 Å². The molecule has 0 unspecified atom stereocenters. The topological polar surface area (TPSA) is 54.2 Å². The lowest BCUT2D eigenvalue weighted by Crippen LogP contribution is -2.34. The van der Waals surface area contributed by atoms with Crippen molar-refractivity contribution in [3.05, 3.63) is 83.5 Å². The van der Waals surface area contributed by atoms with Gasteiger partial charge in [0.2, 0.25) is 11.4 Å². The van der Waals surface area contributed by atoms with Gasteiger partial charge in [-0.15, -0.1) is 0 Å². The number of fused-ring (bicyclic) bond motifs is 2. The fraction of sp³-hybridized carbons (Fsp3) is 0.310. The highest BCUT2D eigenvalue weighted by Crippen LogP contribution is 2.40. The van der Waals surface area contributed by atoms with Gasteiger partial charge in [0.15, 0.2) is 6.20 Å². The lowest BCUT2D eigenvalue weighted by atomic mass is 10.1. The first-order valence-electron chi connectivity index (χ1n) is 12.4. The van der Waals surface area contributed by atoms with Gasteiger partial charge in [-0.05, 0) is 49.6 Å². The van der Waals surface area contributed by atoms with E-state index < -0.39 is 0 Å². The maximum absolute atomic E-state index is 11.9. The van der Waals surface area contributed by atoms with Crippen LogP contribution in [0.4, 0.5) is 5.69 Å². The van der Waals surface area contributed by atoms with Gasteiger partial charge in [0.25, 0.3) is 0 Å². The minimum Gasteiger partial charge on any atom is -0.380 e. The molecule has 0 saturated heterocycles. The van der Waals surface area contributed by atoms with E-state index in [0.29, 0.717) is 26.2 Å².